The van der Waals surface area contributed by atoms with Crippen molar-refractivity contribution in [3.8, 4) is 5.75 Å². The fourth-order valence-corrected chi connectivity index (χ4v) is 4.97. The van der Waals surface area contributed by atoms with Crippen LogP contribution in [-0.4, -0.2) is 49.1 Å². The van der Waals surface area contributed by atoms with Crippen LogP contribution < -0.4 is 20.3 Å². The summed E-state index contributed by atoms with van der Waals surface area (Å²) in [5, 5.41) is 8.12. The summed E-state index contributed by atoms with van der Waals surface area (Å²) in [6, 6.07) is 13.5. The summed E-state index contributed by atoms with van der Waals surface area (Å²) < 4.78 is 42.9. The SMILES string of the molecule is CN(C)c1nc(N[C@H]2CC[C@@H](NCCCc3ccc(Br)cc3OC(F)(F)F)CC2)nc2ccccc12.Cl.Cl. The number of alkyl halides is 3. The number of halogens is 6. The minimum atomic E-state index is -4.70. The predicted octanol–water partition coefficient (Wildman–Crippen LogP) is 7.15. The Hall–Kier alpha value is -2.01. The fourth-order valence-electron chi connectivity index (χ4n) is 4.63. The van der Waals surface area contributed by atoms with Gasteiger partial charge in [0.05, 0.1) is 5.52 Å². The number of nitrogens with one attached hydrogen (secondary N) is 2. The van der Waals surface area contributed by atoms with Gasteiger partial charge in [-0.25, -0.2) is 4.98 Å². The van der Waals surface area contributed by atoms with Gasteiger partial charge in [0.1, 0.15) is 11.6 Å². The molecule has 1 aromatic heterocycles. The van der Waals surface area contributed by atoms with Gasteiger partial charge in [0.15, 0.2) is 0 Å². The third-order valence-corrected chi connectivity index (χ3v) is 6.87. The number of hydrogen-bond acceptors (Lipinski definition) is 6. The second kappa shape index (κ2) is 14.4. The Balaban J connectivity index is 0.00000253. The van der Waals surface area contributed by atoms with E-state index in [0.717, 1.165) is 55.4 Å². The summed E-state index contributed by atoms with van der Waals surface area (Å²) in [6.07, 6.45) is 0.580. The molecule has 12 heteroatoms. The third kappa shape index (κ3) is 9.03. The topological polar surface area (TPSA) is 62.3 Å². The normalized spacial score (nSPS) is 17.3. The Morgan fingerprint density at radius 3 is 2.37 bits per heavy atom. The Morgan fingerprint density at radius 2 is 1.68 bits per heavy atom. The van der Waals surface area contributed by atoms with Crippen molar-refractivity contribution in [2.24, 2.45) is 0 Å². The minimum absolute atomic E-state index is 0. The van der Waals surface area contributed by atoms with Gasteiger partial charge in [0.2, 0.25) is 5.95 Å². The highest BCUT2D eigenvalue weighted by Crippen LogP contribution is 2.30. The number of para-hydroxylation sites is 1. The van der Waals surface area contributed by atoms with Crippen molar-refractivity contribution in [2.45, 2.75) is 57.0 Å². The number of benzene rings is 2. The van der Waals surface area contributed by atoms with Crippen LogP contribution in [0.25, 0.3) is 10.9 Å². The van der Waals surface area contributed by atoms with E-state index in [2.05, 4.69) is 31.3 Å². The van der Waals surface area contributed by atoms with Crippen molar-refractivity contribution in [3.05, 3.63) is 52.5 Å². The van der Waals surface area contributed by atoms with Crippen LogP contribution in [0.1, 0.15) is 37.7 Å². The average Bonchev–Trinajstić information content (AvgIpc) is 2.82. The van der Waals surface area contributed by atoms with Crippen LogP contribution in [0.4, 0.5) is 24.9 Å². The Kier molecular flexibility index (Phi) is 12.2. The zero-order valence-corrected chi connectivity index (χ0v) is 24.4. The summed E-state index contributed by atoms with van der Waals surface area (Å²) in [4.78, 5) is 11.5. The molecule has 0 saturated heterocycles. The van der Waals surface area contributed by atoms with Crippen LogP contribution in [0.5, 0.6) is 5.75 Å². The molecule has 0 radical (unpaired) electrons. The summed E-state index contributed by atoms with van der Waals surface area (Å²) in [5.74, 6) is 1.41. The molecule has 0 spiro atoms. The van der Waals surface area contributed by atoms with Gasteiger partial charge in [-0.05, 0) is 74.9 Å². The first kappa shape index (κ1) is 32.2. The number of rotatable bonds is 9. The maximum absolute atomic E-state index is 12.7. The average molecular weight is 639 g/mol. The van der Waals surface area contributed by atoms with E-state index in [9.17, 15) is 13.2 Å². The molecule has 1 saturated carbocycles. The fraction of sp³-hybridized carbons (Fsp3) is 0.462. The van der Waals surface area contributed by atoms with Crippen molar-refractivity contribution >= 4 is 63.4 Å². The van der Waals surface area contributed by atoms with Gasteiger partial charge in [-0.2, -0.15) is 4.98 Å². The molecule has 0 bridgehead atoms. The molecule has 0 aliphatic heterocycles. The van der Waals surface area contributed by atoms with E-state index in [1.165, 1.54) is 6.07 Å². The highest BCUT2D eigenvalue weighted by Gasteiger charge is 2.32. The van der Waals surface area contributed by atoms with Crippen LogP contribution in [0.2, 0.25) is 0 Å². The number of ether oxygens (including phenoxy) is 1. The quantitative estimate of drug-likeness (QED) is 0.243. The van der Waals surface area contributed by atoms with E-state index < -0.39 is 6.36 Å². The van der Waals surface area contributed by atoms with Crippen LogP contribution in [0.15, 0.2) is 46.9 Å². The number of aromatic nitrogens is 2. The van der Waals surface area contributed by atoms with E-state index in [-0.39, 0.29) is 30.6 Å². The largest absolute Gasteiger partial charge is 0.573 e. The van der Waals surface area contributed by atoms with Crippen molar-refractivity contribution in [2.75, 3.05) is 30.9 Å². The molecule has 1 aliphatic carbocycles. The van der Waals surface area contributed by atoms with Crippen molar-refractivity contribution in [1.29, 1.82) is 0 Å². The predicted molar refractivity (Wildman–Crippen MR) is 155 cm³/mol. The van der Waals surface area contributed by atoms with Gasteiger partial charge in [-0.3, -0.25) is 0 Å². The lowest BCUT2D eigenvalue weighted by Crippen LogP contribution is -2.37. The van der Waals surface area contributed by atoms with Crippen molar-refractivity contribution in [1.82, 2.24) is 15.3 Å². The maximum atomic E-state index is 12.7. The lowest BCUT2D eigenvalue weighted by molar-refractivity contribution is -0.274. The standard InChI is InChI=1S/C26H31BrF3N5O.2ClH/c1-35(2)24-21-7-3-4-8-22(21)33-25(34-24)32-20-13-11-19(12-14-20)31-15-5-6-17-9-10-18(27)16-23(17)36-26(28,29)30;;/h3-4,7-10,16,19-20,31H,5-6,11-15H2,1-2H3,(H,32,33,34);2*1H/t19-,20+;;. The second-order valence-electron chi connectivity index (χ2n) is 9.33. The minimum Gasteiger partial charge on any atom is -0.405 e. The first-order chi connectivity index (χ1) is 17.2. The lowest BCUT2D eigenvalue weighted by atomic mass is 9.91. The molecule has 210 valence electrons. The number of fused-ring (bicyclic) bond motifs is 1. The number of aryl methyl sites for hydroxylation is 1. The first-order valence-electron chi connectivity index (χ1n) is 12.2. The van der Waals surface area contributed by atoms with Crippen LogP contribution in [0, 0.1) is 0 Å². The molecule has 38 heavy (non-hydrogen) atoms. The van der Waals surface area contributed by atoms with Crippen LogP contribution >= 0.6 is 40.7 Å². The van der Waals surface area contributed by atoms with Crippen molar-refractivity contribution < 1.29 is 17.9 Å². The van der Waals surface area contributed by atoms with Gasteiger partial charge in [0.25, 0.3) is 0 Å². The summed E-state index contributed by atoms with van der Waals surface area (Å²) >= 11 is 3.21. The highest BCUT2D eigenvalue weighted by molar-refractivity contribution is 9.10. The number of nitrogens with zero attached hydrogens (tertiary/aromatic N) is 3. The molecule has 3 aromatic rings. The lowest BCUT2D eigenvalue weighted by Gasteiger charge is -2.30. The molecule has 6 nitrogen and oxygen atoms in total. The van der Waals surface area contributed by atoms with Crippen LogP contribution in [0.3, 0.4) is 0 Å². The highest BCUT2D eigenvalue weighted by atomic mass is 79.9. The monoisotopic (exact) mass is 637 g/mol. The van der Waals surface area contributed by atoms with Gasteiger partial charge in [-0.1, -0.05) is 34.1 Å². The van der Waals surface area contributed by atoms with E-state index in [4.69, 9.17) is 9.97 Å². The molecule has 2 N–H and O–H groups in total. The molecule has 0 amide bonds. The molecule has 1 fully saturated rings. The van der Waals surface area contributed by atoms with E-state index in [1.807, 2.05) is 43.3 Å². The smallest absolute Gasteiger partial charge is 0.405 e. The molecule has 0 atom stereocenters. The Morgan fingerprint density at radius 1 is 1.00 bits per heavy atom. The molecule has 0 unspecified atom stereocenters. The number of anilines is 2. The second-order valence-corrected chi connectivity index (χ2v) is 10.2. The molecule has 2 aromatic carbocycles. The molecular weight excluding hydrogens is 606 g/mol. The Bertz CT molecular complexity index is 1180. The maximum Gasteiger partial charge on any atom is 0.573 e. The zero-order valence-electron chi connectivity index (χ0n) is 21.2. The van der Waals surface area contributed by atoms with E-state index >= 15 is 0 Å². The summed E-state index contributed by atoms with van der Waals surface area (Å²) in [6.45, 7) is 0.740. The van der Waals surface area contributed by atoms with Crippen LogP contribution in [-0.2, 0) is 6.42 Å². The first-order valence-corrected chi connectivity index (χ1v) is 13.0. The van der Waals surface area contributed by atoms with Gasteiger partial charge in [-0.15, -0.1) is 38.0 Å². The summed E-state index contributed by atoms with van der Waals surface area (Å²) in [7, 11) is 3.96. The molecular formula is C26H33BrCl2F3N5O. The van der Waals surface area contributed by atoms with Gasteiger partial charge in [0, 0.05) is 36.0 Å². The zero-order chi connectivity index (χ0) is 25.7. The van der Waals surface area contributed by atoms with E-state index in [1.54, 1.807) is 12.1 Å². The van der Waals surface area contributed by atoms with Gasteiger partial charge >= 0.3 is 6.36 Å². The molecule has 4 rings (SSSR count). The number of hydrogen-bond donors (Lipinski definition) is 2. The Labute approximate surface area is 242 Å². The van der Waals surface area contributed by atoms with E-state index in [0.29, 0.717) is 34.5 Å². The van der Waals surface area contributed by atoms with Crippen molar-refractivity contribution in [3.63, 3.8) is 0 Å². The molecule has 1 aliphatic rings. The molecule has 1 heterocycles. The third-order valence-electron chi connectivity index (χ3n) is 6.38. The summed E-state index contributed by atoms with van der Waals surface area (Å²) in [5.41, 5.74) is 1.47. The van der Waals surface area contributed by atoms with Gasteiger partial charge < -0.3 is 20.3 Å².